The molecule has 3 nitrogen and oxygen atoms in total. The van der Waals surface area contributed by atoms with E-state index in [1.807, 2.05) is 30.3 Å². The van der Waals surface area contributed by atoms with Gasteiger partial charge in [0.15, 0.2) is 4.34 Å². The normalized spacial score (nSPS) is 10.5. The van der Waals surface area contributed by atoms with E-state index in [0.29, 0.717) is 6.61 Å². The predicted octanol–water partition coefficient (Wildman–Crippen LogP) is 4.41. The molecule has 0 fully saturated rings. The maximum atomic E-state index is 5.84. The van der Waals surface area contributed by atoms with E-state index in [0.717, 1.165) is 15.8 Å². The number of hydrogen-bond acceptors (Lipinski definition) is 5. The number of hydrogen-bond donors (Lipinski definition) is 0. The topological polar surface area (TPSA) is 35.0 Å². The molecular weight excluding hydrogens is 300 g/mol. The Morgan fingerprint density at radius 2 is 1.86 bits per heavy atom. The Morgan fingerprint density at radius 1 is 1.00 bits per heavy atom. The highest BCUT2D eigenvalue weighted by molar-refractivity contribution is 8.00. The van der Waals surface area contributed by atoms with Crippen molar-refractivity contribution in [3.63, 3.8) is 0 Å². The molecule has 1 aromatic heterocycles. The lowest BCUT2D eigenvalue weighted by molar-refractivity contribution is 0.306. The van der Waals surface area contributed by atoms with Crippen LogP contribution < -0.4 is 4.74 Å². The zero-order valence-electron chi connectivity index (χ0n) is 11.3. The monoisotopic (exact) mass is 314 g/mol. The highest BCUT2D eigenvalue weighted by Crippen LogP contribution is 2.25. The number of thioether (sulfide) groups is 1. The molecule has 0 aliphatic carbocycles. The first-order valence-electron chi connectivity index (χ1n) is 6.55. The van der Waals surface area contributed by atoms with Crippen molar-refractivity contribution in [1.82, 2.24) is 10.2 Å². The molecule has 0 radical (unpaired) electrons. The molecule has 21 heavy (non-hydrogen) atoms. The summed E-state index contributed by atoms with van der Waals surface area (Å²) in [6.07, 6.45) is 0. The Hall–Kier alpha value is -1.85. The van der Waals surface area contributed by atoms with Gasteiger partial charge >= 0.3 is 0 Å². The maximum absolute atomic E-state index is 5.84. The first-order valence-corrected chi connectivity index (χ1v) is 8.41. The molecule has 0 unspecified atom stereocenters. The minimum absolute atomic E-state index is 0.591. The summed E-state index contributed by atoms with van der Waals surface area (Å²) >= 11 is 3.26. The summed E-state index contributed by atoms with van der Waals surface area (Å²) in [5, 5.41) is 7.87. The van der Waals surface area contributed by atoms with E-state index in [1.54, 1.807) is 28.6 Å². The van der Waals surface area contributed by atoms with Crippen molar-refractivity contribution >= 4 is 23.1 Å². The minimum atomic E-state index is 0.591. The van der Waals surface area contributed by atoms with Crippen LogP contribution in [0.4, 0.5) is 0 Å². The van der Waals surface area contributed by atoms with Gasteiger partial charge in [0.25, 0.3) is 0 Å². The second-order valence-corrected chi connectivity index (χ2v) is 6.47. The van der Waals surface area contributed by atoms with E-state index in [1.165, 1.54) is 11.1 Å². The lowest BCUT2D eigenvalue weighted by atomic mass is 10.2. The Labute approximate surface area is 132 Å². The molecule has 3 aromatic rings. The van der Waals surface area contributed by atoms with Crippen LogP contribution in [0.2, 0.25) is 0 Å². The SMILES string of the molecule is c1ccc(COc2cccc(CSc3nncs3)c2)cc1. The zero-order valence-corrected chi connectivity index (χ0v) is 12.9. The van der Waals surface area contributed by atoms with Gasteiger partial charge in [-0.05, 0) is 23.3 Å². The number of rotatable bonds is 6. The molecule has 0 atom stereocenters. The summed E-state index contributed by atoms with van der Waals surface area (Å²) < 4.78 is 6.83. The number of ether oxygens (including phenoxy) is 1. The van der Waals surface area contributed by atoms with Gasteiger partial charge in [-0.3, -0.25) is 0 Å². The molecule has 5 heteroatoms. The van der Waals surface area contributed by atoms with Gasteiger partial charge in [0, 0.05) is 5.75 Å². The van der Waals surface area contributed by atoms with E-state index in [4.69, 9.17) is 4.74 Å². The van der Waals surface area contributed by atoms with Crippen LogP contribution in [0.1, 0.15) is 11.1 Å². The first kappa shape index (κ1) is 14.1. The molecule has 0 saturated carbocycles. The van der Waals surface area contributed by atoms with Crippen molar-refractivity contribution in [2.24, 2.45) is 0 Å². The van der Waals surface area contributed by atoms with Gasteiger partial charge in [0.05, 0.1) is 0 Å². The molecule has 0 amide bonds. The number of benzene rings is 2. The third kappa shape index (κ3) is 4.31. The molecule has 0 aliphatic rings. The Balaban J connectivity index is 1.58. The summed E-state index contributed by atoms with van der Waals surface area (Å²) in [7, 11) is 0. The van der Waals surface area contributed by atoms with E-state index < -0.39 is 0 Å². The fraction of sp³-hybridized carbons (Fsp3) is 0.125. The summed E-state index contributed by atoms with van der Waals surface area (Å²) in [5.41, 5.74) is 4.15. The Bertz CT molecular complexity index is 672. The molecule has 0 saturated heterocycles. The third-order valence-electron chi connectivity index (χ3n) is 2.85. The van der Waals surface area contributed by atoms with Crippen molar-refractivity contribution < 1.29 is 4.74 Å². The maximum Gasteiger partial charge on any atom is 0.174 e. The minimum Gasteiger partial charge on any atom is -0.489 e. The molecule has 106 valence electrons. The van der Waals surface area contributed by atoms with Crippen molar-refractivity contribution in [1.29, 1.82) is 0 Å². The number of nitrogens with zero attached hydrogens (tertiary/aromatic N) is 2. The standard InChI is InChI=1S/C16H14N2OS2/c1-2-5-13(6-3-1)10-19-15-8-4-7-14(9-15)11-20-16-18-17-12-21-16/h1-9,12H,10-11H2. The van der Waals surface area contributed by atoms with Crippen LogP contribution >= 0.6 is 23.1 Å². The summed E-state index contributed by atoms with van der Waals surface area (Å²) in [6.45, 7) is 0.591. The zero-order chi connectivity index (χ0) is 14.3. The van der Waals surface area contributed by atoms with Crippen molar-refractivity contribution in [2.45, 2.75) is 16.7 Å². The van der Waals surface area contributed by atoms with E-state index in [-0.39, 0.29) is 0 Å². The quantitative estimate of drug-likeness (QED) is 0.631. The third-order valence-corrected chi connectivity index (χ3v) is 4.78. The first-order chi connectivity index (χ1) is 10.4. The predicted molar refractivity (Wildman–Crippen MR) is 86.7 cm³/mol. The highest BCUT2D eigenvalue weighted by Gasteiger charge is 2.01. The van der Waals surface area contributed by atoms with Crippen LogP contribution in [0.5, 0.6) is 5.75 Å². The van der Waals surface area contributed by atoms with Gasteiger partial charge in [-0.1, -0.05) is 65.6 Å². The van der Waals surface area contributed by atoms with Crippen LogP contribution in [0.25, 0.3) is 0 Å². The molecule has 2 aromatic carbocycles. The second-order valence-electron chi connectivity index (χ2n) is 4.41. The molecule has 0 spiro atoms. The Morgan fingerprint density at radius 3 is 2.67 bits per heavy atom. The van der Waals surface area contributed by atoms with Crippen molar-refractivity contribution in [3.8, 4) is 5.75 Å². The largest absolute Gasteiger partial charge is 0.489 e. The van der Waals surface area contributed by atoms with Crippen LogP contribution in [-0.4, -0.2) is 10.2 Å². The summed E-state index contributed by atoms with van der Waals surface area (Å²) in [4.78, 5) is 0. The van der Waals surface area contributed by atoms with E-state index in [2.05, 4.69) is 34.5 Å². The average Bonchev–Trinajstić information content (AvgIpc) is 3.06. The van der Waals surface area contributed by atoms with Crippen LogP contribution in [0, 0.1) is 0 Å². The Kier molecular flexibility index (Phi) is 4.86. The van der Waals surface area contributed by atoms with Crippen molar-refractivity contribution in [2.75, 3.05) is 0 Å². The van der Waals surface area contributed by atoms with Gasteiger partial charge in [0.2, 0.25) is 0 Å². The molecule has 1 heterocycles. The molecule has 0 N–H and O–H groups in total. The smallest absolute Gasteiger partial charge is 0.174 e. The molecule has 0 bridgehead atoms. The van der Waals surface area contributed by atoms with Crippen LogP contribution in [0.3, 0.4) is 0 Å². The fourth-order valence-electron chi connectivity index (χ4n) is 1.84. The van der Waals surface area contributed by atoms with Crippen molar-refractivity contribution in [3.05, 3.63) is 71.2 Å². The van der Waals surface area contributed by atoms with Gasteiger partial charge in [-0.2, -0.15) is 0 Å². The van der Waals surface area contributed by atoms with Gasteiger partial charge in [-0.25, -0.2) is 0 Å². The van der Waals surface area contributed by atoms with Gasteiger partial charge in [0.1, 0.15) is 17.9 Å². The van der Waals surface area contributed by atoms with E-state index >= 15 is 0 Å². The molecule has 0 aliphatic heterocycles. The van der Waals surface area contributed by atoms with E-state index in [9.17, 15) is 0 Å². The molecule has 3 rings (SSSR count). The fourth-order valence-corrected chi connectivity index (χ4v) is 3.27. The average molecular weight is 314 g/mol. The second kappa shape index (κ2) is 7.24. The molecular formula is C16H14N2OS2. The number of aromatic nitrogens is 2. The van der Waals surface area contributed by atoms with Gasteiger partial charge in [-0.15, -0.1) is 10.2 Å². The summed E-state index contributed by atoms with van der Waals surface area (Å²) in [6, 6.07) is 18.4. The van der Waals surface area contributed by atoms with Gasteiger partial charge < -0.3 is 4.74 Å². The van der Waals surface area contributed by atoms with Crippen LogP contribution in [-0.2, 0) is 12.4 Å². The lowest BCUT2D eigenvalue weighted by Crippen LogP contribution is -1.95. The summed E-state index contributed by atoms with van der Waals surface area (Å²) in [5.74, 6) is 1.77. The highest BCUT2D eigenvalue weighted by atomic mass is 32.2. The lowest BCUT2D eigenvalue weighted by Gasteiger charge is -2.07. The van der Waals surface area contributed by atoms with Crippen LogP contribution in [0.15, 0.2) is 64.4 Å².